The molecule has 0 aliphatic carbocycles. The van der Waals surface area contributed by atoms with Crippen LogP contribution in [0.2, 0.25) is 0 Å². The number of nitrogens with one attached hydrogen (secondary N) is 1. The highest BCUT2D eigenvalue weighted by molar-refractivity contribution is 5.97. The van der Waals surface area contributed by atoms with Gasteiger partial charge in [-0.05, 0) is 64.3 Å². The fraction of sp³-hybridized carbons (Fsp3) is 0.758. The van der Waals surface area contributed by atoms with Gasteiger partial charge in [-0.1, -0.05) is 53.0 Å². The summed E-state index contributed by atoms with van der Waals surface area (Å²) in [5.74, 6) is 1.83. The van der Waals surface area contributed by atoms with E-state index in [1.54, 1.807) is 30.8 Å². The van der Waals surface area contributed by atoms with Gasteiger partial charge in [-0.2, -0.15) is 0 Å². The molecule has 0 saturated carbocycles. The zero-order chi connectivity index (χ0) is 31.9. The van der Waals surface area contributed by atoms with Crippen molar-refractivity contribution in [2.45, 2.75) is 118 Å². The summed E-state index contributed by atoms with van der Waals surface area (Å²) < 4.78 is 0. The van der Waals surface area contributed by atoms with E-state index < -0.39 is 17.5 Å². The second-order valence-corrected chi connectivity index (χ2v) is 13.7. The van der Waals surface area contributed by atoms with E-state index >= 15 is 0 Å². The summed E-state index contributed by atoms with van der Waals surface area (Å²) in [5, 5.41) is 3.12. The second-order valence-electron chi connectivity index (χ2n) is 13.7. The van der Waals surface area contributed by atoms with Gasteiger partial charge in [-0.15, -0.1) is 6.42 Å². The smallest absolute Gasteiger partial charge is 0.249 e. The highest BCUT2D eigenvalue weighted by atomic mass is 16.2. The first-order chi connectivity index (χ1) is 19.5. The molecule has 4 amide bonds. The fourth-order valence-corrected chi connectivity index (χ4v) is 6.13. The third-order valence-corrected chi connectivity index (χ3v) is 8.65. The van der Waals surface area contributed by atoms with E-state index in [4.69, 9.17) is 6.42 Å². The van der Waals surface area contributed by atoms with Crippen LogP contribution in [0.15, 0.2) is 11.6 Å². The van der Waals surface area contributed by atoms with E-state index in [1.807, 2.05) is 40.7 Å². The lowest BCUT2D eigenvalue weighted by molar-refractivity contribution is -0.142. The van der Waals surface area contributed by atoms with Gasteiger partial charge in [0.05, 0.1) is 18.6 Å². The molecule has 2 saturated heterocycles. The number of likely N-dealkylation sites (tertiary alicyclic amines) is 2. The highest BCUT2D eigenvalue weighted by Crippen LogP contribution is 2.27. The van der Waals surface area contributed by atoms with Crippen LogP contribution < -0.4 is 5.32 Å². The Morgan fingerprint density at radius 1 is 1.00 bits per heavy atom. The first kappa shape index (κ1) is 35.3. The molecule has 0 radical (unpaired) electrons. The van der Waals surface area contributed by atoms with Crippen LogP contribution in [0, 0.1) is 23.7 Å². The lowest BCUT2D eigenvalue weighted by atomic mass is 9.84. The fourth-order valence-electron chi connectivity index (χ4n) is 6.13. The van der Waals surface area contributed by atoms with Gasteiger partial charge in [0.15, 0.2) is 0 Å². The molecule has 0 aromatic rings. The SMILES string of the molecule is C#CCN(C)C(=O)[C@@H]1CCCN1C(=O)/C(C)=C/C(C(C)C)N(C)C(=O)[C@@H](NC(=O)[C@H]1CCCCN1C(C)C)C(C)(C)C. The first-order valence-electron chi connectivity index (χ1n) is 15.5. The van der Waals surface area contributed by atoms with E-state index in [2.05, 4.69) is 30.0 Å². The van der Waals surface area contributed by atoms with Crippen LogP contribution in [0.1, 0.15) is 87.5 Å². The van der Waals surface area contributed by atoms with Crippen LogP contribution in [-0.4, -0.2) is 107 Å². The molecule has 1 N–H and O–H groups in total. The monoisotopic (exact) mass is 585 g/mol. The van der Waals surface area contributed by atoms with Crippen molar-refractivity contribution in [2.75, 3.05) is 33.7 Å². The van der Waals surface area contributed by atoms with Crippen LogP contribution >= 0.6 is 0 Å². The van der Waals surface area contributed by atoms with Crippen molar-refractivity contribution in [1.29, 1.82) is 0 Å². The van der Waals surface area contributed by atoms with Crippen LogP contribution in [0.4, 0.5) is 0 Å². The average molecular weight is 586 g/mol. The lowest BCUT2D eigenvalue weighted by Gasteiger charge is -2.41. The number of hydrogen-bond donors (Lipinski definition) is 1. The van der Waals surface area contributed by atoms with Gasteiger partial charge < -0.3 is 20.0 Å². The molecule has 0 aromatic heterocycles. The number of hydrogen-bond acceptors (Lipinski definition) is 5. The van der Waals surface area contributed by atoms with Gasteiger partial charge in [-0.3, -0.25) is 24.1 Å². The number of carbonyl (C=O) groups is 4. The maximum atomic E-state index is 14.1. The van der Waals surface area contributed by atoms with Crippen molar-refractivity contribution in [3.63, 3.8) is 0 Å². The summed E-state index contributed by atoms with van der Waals surface area (Å²) in [7, 11) is 3.39. The van der Waals surface area contributed by atoms with Gasteiger partial charge in [0.25, 0.3) is 0 Å². The Labute approximate surface area is 254 Å². The maximum Gasteiger partial charge on any atom is 0.249 e. The zero-order valence-electron chi connectivity index (χ0n) is 27.7. The molecule has 1 unspecified atom stereocenters. The van der Waals surface area contributed by atoms with Crippen molar-refractivity contribution in [1.82, 2.24) is 24.9 Å². The van der Waals surface area contributed by atoms with Crippen LogP contribution in [0.5, 0.6) is 0 Å². The molecule has 0 aromatic carbocycles. The predicted molar refractivity (Wildman–Crippen MR) is 167 cm³/mol. The molecule has 2 rings (SSSR count). The van der Waals surface area contributed by atoms with Crippen molar-refractivity contribution < 1.29 is 19.2 Å². The largest absolute Gasteiger partial charge is 0.342 e. The number of carbonyl (C=O) groups excluding carboxylic acids is 4. The van der Waals surface area contributed by atoms with E-state index in [-0.39, 0.29) is 54.2 Å². The van der Waals surface area contributed by atoms with Gasteiger partial charge in [0.1, 0.15) is 12.1 Å². The minimum atomic E-state index is -0.733. The van der Waals surface area contributed by atoms with Gasteiger partial charge in [-0.25, -0.2) is 0 Å². The normalized spacial score (nSPS) is 21.6. The molecule has 0 spiro atoms. The van der Waals surface area contributed by atoms with Crippen molar-refractivity contribution >= 4 is 23.6 Å². The van der Waals surface area contributed by atoms with Crippen molar-refractivity contribution in [2.24, 2.45) is 11.3 Å². The number of amides is 4. The van der Waals surface area contributed by atoms with Gasteiger partial charge in [0, 0.05) is 32.3 Å². The summed E-state index contributed by atoms with van der Waals surface area (Å²) in [6, 6.07) is -1.67. The molecule has 2 heterocycles. The number of likely N-dealkylation sites (N-methyl/N-ethyl adjacent to an activating group) is 2. The van der Waals surface area contributed by atoms with E-state index in [1.165, 1.54) is 4.90 Å². The predicted octanol–water partition coefficient (Wildman–Crippen LogP) is 3.29. The maximum absolute atomic E-state index is 14.1. The van der Waals surface area contributed by atoms with Gasteiger partial charge in [0.2, 0.25) is 23.6 Å². The Bertz CT molecular complexity index is 1050. The third kappa shape index (κ3) is 8.59. The number of nitrogens with zero attached hydrogens (tertiary/aromatic N) is 4. The van der Waals surface area contributed by atoms with Gasteiger partial charge >= 0.3 is 0 Å². The average Bonchev–Trinajstić information content (AvgIpc) is 3.41. The summed E-state index contributed by atoms with van der Waals surface area (Å²) in [4.78, 5) is 61.1. The Hall–Kier alpha value is -2.86. The Kier molecular flexibility index (Phi) is 12.7. The quantitative estimate of drug-likeness (QED) is 0.314. The lowest BCUT2D eigenvalue weighted by Crippen LogP contribution is -2.60. The number of piperidine rings is 1. The second kappa shape index (κ2) is 15.0. The molecule has 42 heavy (non-hydrogen) atoms. The first-order valence-corrected chi connectivity index (χ1v) is 15.5. The Morgan fingerprint density at radius 2 is 1.62 bits per heavy atom. The molecular formula is C33H55N5O4. The molecule has 2 aliphatic heterocycles. The molecule has 2 fully saturated rings. The molecule has 2 aliphatic rings. The third-order valence-electron chi connectivity index (χ3n) is 8.65. The number of rotatable bonds is 10. The Balaban J connectivity index is 2.28. The highest BCUT2D eigenvalue weighted by Gasteiger charge is 2.40. The molecule has 0 bridgehead atoms. The molecule has 4 atom stereocenters. The zero-order valence-corrected chi connectivity index (χ0v) is 27.7. The van der Waals surface area contributed by atoms with E-state index in [9.17, 15) is 19.2 Å². The molecule has 236 valence electrons. The van der Waals surface area contributed by atoms with Crippen LogP contribution in [0.3, 0.4) is 0 Å². The molecule has 9 heteroatoms. The summed E-state index contributed by atoms with van der Waals surface area (Å²) >= 11 is 0. The minimum Gasteiger partial charge on any atom is -0.342 e. The van der Waals surface area contributed by atoms with Crippen molar-refractivity contribution in [3.05, 3.63) is 11.6 Å². The Morgan fingerprint density at radius 3 is 2.17 bits per heavy atom. The minimum absolute atomic E-state index is 0.00515. The van der Waals surface area contributed by atoms with Crippen molar-refractivity contribution in [3.8, 4) is 12.3 Å². The van der Waals surface area contributed by atoms with Crippen LogP contribution in [-0.2, 0) is 19.2 Å². The molecule has 9 nitrogen and oxygen atoms in total. The number of terminal acetylenes is 1. The standard InChI is InChI=1S/C33H55N5O4/c1-12-18-35(10)31(41)26-17-15-20-38(26)30(40)24(6)21-27(22(2)3)36(11)32(42)28(33(7,8)9)34-29(39)25-16-13-14-19-37(25)23(4)5/h1,21-23,25-28H,13-20H2,2-11H3,(H,34,39)/b24-21+/t25-,26+,27?,28-/m1/s1. The summed E-state index contributed by atoms with van der Waals surface area (Å²) in [6.45, 7) is 17.4. The van der Waals surface area contributed by atoms with E-state index in [0.29, 0.717) is 18.5 Å². The van der Waals surface area contributed by atoms with E-state index in [0.717, 1.165) is 32.2 Å². The summed E-state index contributed by atoms with van der Waals surface area (Å²) in [6.07, 6.45) is 11.4. The summed E-state index contributed by atoms with van der Waals surface area (Å²) in [5.41, 5.74) is -0.0408. The molecular weight excluding hydrogens is 530 g/mol. The van der Waals surface area contributed by atoms with Crippen LogP contribution in [0.25, 0.3) is 0 Å². The topological polar surface area (TPSA) is 93.3 Å².